The van der Waals surface area contributed by atoms with Gasteiger partial charge in [0.2, 0.25) is 5.96 Å². The predicted molar refractivity (Wildman–Crippen MR) is 53.7 cm³/mol. The zero-order chi connectivity index (χ0) is 9.68. The van der Waals surface area contributed by atoms with E-state index in [9.17, 15) is 0 Å². The molecule has 0 saturated heterocycles. The van der Waals surface area contributed by atoms with Crippen molar-refractivity contribution >= 4 is 18.1 Å². The van der Waals surface area contributed by atoms with E-state index in [0.717, 1.165) is 5.70 Å². The molecule has 0 bridgehead atoms. The van der Waals surface area contributed by atoms with Crippen LogP contribution in [0.3, 0.4) is 0 Å². The molecule has 0 amide bonds. The van der Waals surface area contributed by atoms with Gasteiger partial charge in [0, 0.05) is 13.3 Å². The lowest BCUT2D eigenvalue weighted by molar-refractivity contribution is 1.15. The standard InChI is InChI=1S/C7H12N6/c1-10-7(13-6(8)9)12-5-2-3-11-4-5/h2,4H,3H2,1H3,(H5,8,9,10,12,13). The van der Waals surface area contributed by atoms with Crippen LogP contribution in [0.5, 0.6) is 0 Å². The Morgan fingerprint density at radius 3 is 2.85 bits per heavy atom. The van der Waals surface area contributed by atoms with Crippen LogP contribution >= 0.6 is 0 Å². The van der Waals surface area contributed by atoms with Gasteiger partial charge < -0.3 is 16.8 Å². The lowest BCUT2D eigenvalue weighted by Gasteiger charge is -2.02. The zero-order valence-corrected chi connectivity index (χ0v) is 7.36. The van der Waals surface area contributed by atoms with Crippen LogP contribution in [-0.4, -0.2) is 31.7 Å². The van der Waals surface area contributed by atoms with Gasteiger partial charge in [0.15, 0.2) is 5.96 Å². The lowest BCUT2D eigenvalue weighted by atomic mass is 10.4. The van der Waals surface area contributed by atoms with Crippen LogP contribution in [-0.2, 0) is 0 Å². The molecule has 0 atom stereocenters. The van der Waals surface area contributed by atoms with Crippen molar-refractivity contribution in [3.8, 4) is 0 Å². The number of guanidine groups is 2. The van der Waals surface area contributed by atoms with Gasteiger partial charge in [-0.25, -0.2) is 0 Å². The van der Waals surface area contributed by atoms with Crippen molar-refractivity contribution in [1.82, 2.24) is 5.32 Å². The highest BCUT2D eigenvalue weighted by Crippen LogP contribution is 1.94. The molecule has 1 aliphatic heterocycles. The molecule has 6 heteroatoms. The molecule has 0 unspecified atom stereocenters. The van der Waals surface area contributed by atoms with E-state index in [2.05, 4.69) is 20.3 Å². The van der Waals surface area contributed by atoms with E-state index in [1.807, 2.05) is 6.08 Å². The van der Waals surface area contributed by atoms with Crippen molar-refractivity contribution in [3.05, 3.63) is 11.8 Å². The first kappa shape index (κ1) is 9.24. The molecule has 0 fully saturated rings. The third-order valence-electron chi connectivity index (χ3n) is 1.35. The number of hydrogen-bond acceptors (Lipinski definition) is 2. The van der Waals surface area contributed by atoms with Crippen LogP contribution in [0.25, 0.3) is 0 Å². The first-order valence-corrected chi connectivity index (χ1v) is 3.76. The number of nitrogens with one attached hydrogen (secondary N) is 1. The Balaban J connectivity index is 2.60. The van der Waals surface area contributed by atoms with Gasteiger partial charge in [-0.3, -0.25) is 9.98 Å². The smallest absolute Gasteiger partial charge is 0.225 e. The minimum Gasteiger partial charge on any atom is -0.370 e. The van der Waals surface area contributed by atoms with Gasteiger partial charge in [-0.2, -0.15) is 4.99 Å². The Bertz CT molecular complexity index is 294. The average molecular weight is 180 g/mol. The number of hydrogen-bond donors (Lipinski definition) is 3. The molecule has 0 spiro atoms. The Morgan fingerprint density at radius 1 is 1.62 bits per heavy atom. The molecule has 70 valence electrons. The molecule has 0 aromatic rings. The van der Waals surface area contributed by atoms with Gasteiger partial charge in [0.1, 0.15) is 0 Å². The summed E-state index contributed by atoms with van der Waals surface area (Å²) in [6.45, 7) is 0.682. The van der Waals surface area contributed by atoms with E-state index in [-0.39, 0.29) is 5.96 Å². The van der Waals surface area contributed by atoms with Crippen molar-refractivity contribution in [2.75, 3.05) is 13.6 Å². The Labute approximate surface area is 76.1 Å². The van der Waals surface area contributed by atoms with Crippen LogP contribution < -0.4 is 16.8 Å². The normalized spacial score (nSPS) is 15.5. The Morgan fingerprint density at radius 2 is 2.38 bits per heavy atom. The molecule has 0 aromatic carbocycles. The summed E-state index contributed by atoms with van der Waals surface area (Å²) in [7, 11) is 1.60. The topological polar surface area (TPSA) is 101 Å². The van der Waals surface area contributed by atoms with Crippen molar-refractivity contribution in [2.24, 2.45) is 26.4 Å². The van der Waals surface area contributed by atoms with E-state index in [1.165, 1.54) is 0 Å². The number of aliphatic imine (C=N–C) groups is 3. The summed E-state index contributed by atoms with van der Waals surface area (Å²) >= 11 is 0. The summed E-state index contributed by atoms with van der Waals surface area (Å²) in [6.07, 6.45) is 3.61. The molecule has 5 N–H and O–H groups in total. The zero-order valence-electron chi connectivity index (χ0n) is 7.36. The van der Waals surface area contributed by atoms with E-state index in [4.69, 9.17) is 11.5 Å². The van der Waals surface area contributed by atoms with Crippen LogP contribution in [0.15, 0.2) is 26.8 Å². The second-order valence-electron chi connectivity index (χ2n) is 2.36. The third-order valence-corrected chi connectivity index (χ3v) is 1.35. The van der Waals surface area contributed by atoms with Crippen molar-refractivity contribution in [3.63, 3.8) is 0 Å². The minimum atomic E-state index is -0.0244. The lowest BCUT2D eigenvalue weighted by Crippen LogP contribution is -2.29. The summed E-state index contributed by atoms with van der Waals surface area (Å²) in [5.41, 5.74) is 11.2. The SMILES string of the molecule is CN=C(N=C(N)N)NC1=CCN=C1. The van der Waals surface area contributed by atoms with Crippen molar-refractivity contribution in [2.45, 2.75) is 0 Å². The molecule has 1 heterocycles. The van der Waals surface area contributed by atoms with Crippen molar-refractivity contribution in [1.29, 1.82) is 0 Å². The number of allylic oxidation sites excluding steroid dienone is 1. The molecular weight excluding hydrogens is 168 g/mol. The molecule has 0 aromatic heterocycles. The highest BCUT2D eigenvalue weighted by Gasteiger charge is 2.01. The summed E-state index contributed by atoms with van der Waals surface area (Å²) < 4.78 is 0. The van der Waals surface area contributed by atoms with Crippen LogP contribution in [0.1, 0.15) is 0 Å². The fraction of sp³-hybridized carbons (Fsp3) is 0.286. The van der Waals surface area contributed by atoms with Gasteiger partial charge >= 0.3 is 0 Å². The predicted octanol–water partition coefficient (Wildman–Crippen LogP) is -1.20. The van der Waals surface area contributed by atoms with Crippen LogP contribution in [0, 0.1) is 0 Å². The first-order valence-electron chi connectivity index (χ1n) is 3.76. The van der Waals surface area contributed by atoms with Crippen molar-refractivity contribution < 1.29 is 0 Å². The molecule has 1 aliphatic rings. The molecule has 0 aliphatic carbocycles. The van der Waals surface area contributed by atoms with E-state index in [0.29, 0.717) is 12.5 Å². The third kappa shape index (κ3) is 2.94. The van der Waals surface area contributed by atoms with Gasteiger partial charge in [-0.1, -0.05) is 0 Å². The maximum Gasteiger partial charge on any atom is 0.225 e. The monoisotopic (exact) mass is 180 g/mol. The summed E-state index contributed by atoms with van der Waals surface area (Å²) in [5.74, 6) is 0.350. The largest absolute Gasteiger partial charge is 0.370 e. The fourth-order valence-electron chi connectivity index (χ4n) is 0.823. The van der Waals surface area contributed by atoms with E-state index >= 15 is 0 Å². The number of nitrogens with zero attached hydrogens (tertiary/aromatic N) is 3. The molecule has 6 nitrogen and oxygen atoms in total. The maximum atomic E-state index is 5.20. The molecule has 0 saturated carbocycles. The van der Waals surface area contributed by atoms with Gasteiger partial charge in [-0.05, 0) is 6.08 Å². The summed E-state index contributed by atoms with van der Waals surface area (Å²) in [4.78, 5) is 11.6. The van der Waals surface area contributed by atoms with E-state index in [1.54, 1.807) is 13.3 Å². The average Bonchev–Trinajstić information content (AvgIpc) is 2.55. The fourth-order valence-corrected chi connectivity index (χ4v) is 0.823. The Kier molecular flexibility index (Phi) is 3.02. The Hall–Kier alpha value is -1.85. The molecule has 1 rings (SSSR count). The van der Waals surface area contributed by atoms with Gasteiger partial charge in [-0.15, -0.1) is 0 Å². The first-order chi connectivity index (χ1) is 6.22. The minimum absolute atomic E-state index is 0.0244. The molecule has 13 heavy (non-hydrogen) atoms. The molecule has 0 radical (unpaired) electrons. The maximum absolute atomic E-state index is 5.20. The highest BCUT2D eigenvalue weighted by molar-refractivity contribution is 5.97. The van der Waals surface area contributed by atoms with Crippen LogP contribution in [0.2, 0.25) is 0 Å². The second kappa shape index (κ2) is 4.24. The highest BCUT2D eigenvalue weighted by atomic mass is 15.2. The number of rotatable bonds is 1. The molecular formula is C7H12N6. The summed E-state index contributed by atoms with van der Waals surface area (Å²) in [5, 5.41) is 2.91. The quantitative estimate of drug-likeness (QED) is 0.349. The van der Waals surface area contributed by atoms with Gasteiger partial charge in [0.25, 0.3) is 0 Å². The second-order valence-corrected chi connectivity index (χ2v) is 2.36. The van der Waals surface area contributed by atoms with E-state index < -0.39 is 0 Å². The van der Waals surface area contributed by atoms with Gasteiger partial charge in [0.05, 0.1) is 12.2 Å². The summed E-state index contributed by atoms with van der Waals surface area (Å²) in [6, 6.07) is 0. The number of nitrogens with two attached hydrogens (primary N) is 2. The van der Waals surface area contributed by atoms with Crippen LogP contribution in [0.4, 0.5) is 0 Å².